The number of hydrogen-bond acceptors (Lipinski definition) is 3. The molecular formula is C29H33FO3. The van der Waals surface area contributed by atoms with Crippen molar-refractivity contribution in [2.75, 3.05) is 7.11 Å². The van der Waals surface area contributed by atoms with Crippen LogP contribution in [0.25, 0.3) is 11.1 Å². The van der Waals surface area contributed by atoms with Gasteiger partial charge < -0.3 is 14.2 Å². The third kappa shape index (κ3) is 6.14. The summed E-state index contributed by atoms with van der Waals surface area (Å²) in [5.74, 6) is 1.51. The van der Waals surface area contributed by atoms with Gasteiger partial charge in [0.25, 0.3) is 0 Å². The molecule has 1 fully saturated rings. The fourth-order valence-corrected chi connectivity index (χ4v) is 4.58. The van der Waals surface area contributed by atoms with Gasteiger partial charge in [-0.15, -0.1) is 0 Å². The van der Waals surface area contributed by atoms with Crippen molar-refractivity contribution in [2.24, 2.45) is 0 Å². The van der Waals surface area contributed by atoms with Crippen molar-refractivity contribution in [3.63, 3.8) is 0 Å². The Labute approximate surface area is 196 Å². The summed E-state index contributed by atoms with van der Waals surface area (Å²) >= 11 is 0. The molecule has 0 aliphatic heterocycles. The molecule has 4 rings (SSSR count). The Morgan fingerprint density at radius 3 is 2.39 bits per heavy atom. The van der Waals surface area contributed by atoms with Crippen molar-refractivity contribution in [3.8, 4) is 22.6 Å². The van der Waals surface area contributed by atoms with E-state index >= 15 is 0 Å². The number of aryl methyl sites for hydroxylation is 1. The Bertz CT molecular complexity index is 1040. The summed E-state index contributed by atoms with van der Waals surface area (Å²) in [6.45, 7) is 2.73. The van der Waals surface area contributed by atoms with E-state index in [1.54, 1.807) is 19.2 Å². The van der Waals surface area contributed by atoms with Crippen LogP contribution < -0.4 is 9.47 Å². The van der Waals surface area contributed by atoms with E-state index in [1.807, 2.05) is 30.3 Å². The minimum atomic E-state index is -0.215. The second-order valence-electron chi connectivity index (χ2n) is 8.72. The third-order valence-electron chi connectivity index (χ3n) is 6.33. The first kappa shape index (κ1) is 23.3. The first-order chi connectivity index (χ1) is 16.2. The SMILES string of the molecule is CCCc1ccc(OC2CCC(OCc3ccccc3OC)CC2)cc1-c1cccc(F)c1. The van der Waals surface area contributed by atoms with Gasteiger partial charge in [-0.3, -0.25) is 0 Å². The third-order valence-corrected chi connectivity index (χ3v) is 6.33. The van der Waals surface area contributed by atoms with Gasteiger partial charge in [-0.25, -0.2) is 4.39 Å². The fourth-order valence-electron chi connectivity index (χ4n) is 4.58. The van der Waals surface area contributed by atoms with Crippen LogP contribution in [0.15, 0.2) is 66.7 Å². The zero-order valence-electron chi connectivity index (χ0n) is 19.6. The quantitative estimate of drug-likeness (QED) is 0.342. The minimum absolute atomic E-state index is 0.175. The van der Waals surface area contributed by atoms with E-state index < -0.39 is 0 Å². The molecule has 0 amide bonds. The Hall–Kier alpha value is -2.85. The fraction of sp³-hybridized carbons (Fsp3) is 0.379. The molecule has 1 aliphatic carbocycles. The molecule has 33 heavy (non-hydrogen) atoms. The molecule has 0 bridgehead atoms. The first-order valence-corrected chi connectivity index (χ1v) is 11.9. The van der Waals surface area contributed by atoms with Gasteiger partial charge >= 0.3 is 0 Å². The lowest BCUT2D eigenvalue weighted by molar-refractivity contribution is -0.00720. The molecule has 0 spiro atoms. The molecule has 3 nitrogen and oxygen atoms in total. The van der Waals surface area contributed by atoms with Crippen molar-refractivity contribution in [1.82, 2.24) is 0 Å². The summed E-state index contributed by atoms with van der Waals surface area (Å²) in [4.78, 5) is 0. The van der Waals surface area contributed by atoms with E-state index in [9.17, 15) is 4.39 Å². The normalized spacial score (nSPS) is 18.2. The average molecular weight is 449 g/mol. The van der Waals surface area contributed by atoms with Crippen molar-refractivity contribution in [3.05, 3.63) is 83.7 Å². The molecule has 3 aromatic rings. The highest BCUT2D eigenvalue weighted by Gasteiger charge is 2.23. The monoisotopic (exact) mass is 448 g/mol. The summed E-state index contributed by atoms with van der Waals surface area (Å²) in [5.41, 5.74) is 4.26. The summed E-state index contributed by atoms with van der Waals surface area (Å²) in [7, 11) is 1.69. The molecule has 0 aromatic heterocycles. The van der Waals surface area contributed by atoms with Gasteiger partial charge in [0.1, 0.15) is 17.3 Å². The van der Waals surface area contributed by atoms with E-state index in [0.29, 0.717) is 6.61 Å². The van der Waals surface area contributed by atoms with Crippen molar-refractivity contribution >= 4 is 0 Å². The summed E-state index contributed by atoms with van der Waals surface area (Å²) in [6.07, 6.45) is 6.29. The van der Waals surface area contributed by atoms with E-state index in [1.165, 1.54) is 11.6 Å². The van der Waals surface area contributed by atoms with Gasteiger partial charge in [0, 0.05) is 5.56 Å². The maximum atomic E-state index is 13.8. The number of ether oxygens (including phenoxy) is 3. The van der Waals surface area contributed by atoms with Gasteiger partial charge in [0.05, 0.1) is 25.9 Å². The molecule has 1 saturated carbocycles. The van der Waals surface area contributed by atoms with E-state index in [-0.39, 0.29) is 18.0 Å². The lowest BCUT2D eigenvalue weighted by Crippen LogP contribution is -2.28. The molecule has 0 radical (unpaired) electrons. The lowest BCUT2D eigenvalue weighted by atomic mass is 9.94. The van der Waals surface area contributed by atoms with Crippen LogP contribution in [0.4, 0.5) is 4.39 Å². The van der Waals surface area contributed by atoms with Gasteiger partial charge in [-0.2, -0.15) is 0 Å². The van der Waals surface area contributed by atoms with Gasteiger partial charge in [0.2, 0.25) is 0 Å². The van der Waals surface area contributed by atoms with Crippen molar-refractivity contribution in [1.29, 1.82) is 0 Å². The van der Waals surface area contributed by atoms with Crippen LogP contribution in [0.2, 0.25) is 0 Å². The molecule has 0 N–H and O–H groups in total. The number of methoxy groups -OCH3 is 1. The zero-order valence-corrected chi connectivity index (χ0v) is 19.6. The largest absolute Gasteiger partial charge is 0.496 e. The topological polar surface area (TPSA) is 27.7 Å². The number of hydrogen-bond donors (Lipinski definition) is 0. The summed E-state index contributed by atoms with van der Waals surface area (Å²) < 4.78 is 31.8. The van der Waals surface area contributed by atoms with Crippen LogP contribution in [-0.2, 0) is 17.8 Å². The van der Waals surface area contributed by atoms with Crippen molar-refractivity contribution in [2.45, 2.75) is 64.3 Å². The van der Waals surface area contributed by atoms with Crippen LogP contribution in [0.3, 0.4) is 0 Å². The standard InChI is InChI=1S/C29H33FO3/c1-3-7-21-12-13-27(19-28(21)22-9-6-10-24(30)18-22)33-26-16-14-25(15-17-26)32-20-23-8-4-5-11-29(23)31-2/h4-6,8-13,18-19,25-26H,3,7,14-17,20H2,1-2H3. The maximum Gasteiger partial charge on any atom is 0.124 e. The van der Waals surface area contributed by atoms with Crippen LogP contribution in [0.1, 0.15) is 50.2 Å². The van der Waals surface area contributed by atoms with E-state index in [0.717, 1.165) is 66.7 Å². The average Bonchev–Trinajstić information content (AvgIpc) is 2.85. The first-order valence-electron chi connectivity index (χ1n) is 11.9. The number of rotatable bonds is 9. The van der Waals surface area contributed by atoms with Crippen LogP contribution in [0, 0.1) is 5.82 Å². The Morgan fingerprint density at radius 2 is 1.64 bits per heavy atom. The van der Waals surface area contributed by atoms with Gasteiger partial charge in [-0.1, -0.05) is 49.7 Å². The molecule has 1 aliphatic rings. The molecule has 4 heteroatoms. The lowest BCUT2D eigenvalue weighted by Gasteiger charge is -2.29. The molecule has 0 unspecified atom stereocenters. The number of benzene rings is 3. The second-order valence-corrected chi connectivity index (χ2v) is 8.72. The molecule has 0 saturated heterocycles. The van der Waals surface area contributed by atoms with E-state index in [4.69, 9.17) is 14.2 Å². The van der Waals surface area contributed by atoms with Crippen molar-refractivity contribution < 1.29 is 18.6 Å². The molecule has 3 aromatic carbocycles. The van der Waals surface area contributed by atoms with Crippen LogP contribution in [0.5, 0.6) is 11.5 Å². The number of halogens is 1. The second kappa shape index (κ2) is 11.3. The highest BCUT2D eigenvalue weighted by atomic mass is 19.1. The Balaban J connectivity index is 1.36. The Morgan fingerprint density at radius 1 is 0.848 bits per heavy atom. The maximum absolute atomic E-state index is 13.8. The zero-order chi connectivity index (χ0) is 23.0. The van der Waals surface area contributed by atoms with Gasteiger partial charge in [-0.05, 0) is 79.1 Å². The minimum Gasteiger partial charge on any atom is -0.496 e. The smallest absolute Gasteiger partial charge is 0.124 e. The summed E-state index contributed by atoms with van der Waals surface area (Å²) in [6, 6.07) is 21.1. The van der Waals surface area contributed by atoms with E-state index in [2.05, 4.69) is 25.1 Å². The van der Waals surface area contributed by atoms with Crippen LogP contribution in [-0.4, -0.2) is 19.3 Å². The van der Waals surface area contributed by atoms with Crippen LogP contribution >= 0.6 is 0 Å². The molecular weight excluding hydrogens is 415 g/mol. The Kier molecular flexibility index (Phi) is 8.01. The van der Waals surface area contributed by atoms with Gasteiger partial charge in [0.15, 0.2) is 0 Å². The number of para-hydroxylation sites is 1. The summed E-state index contributed by atoms with van der Waals surface area (Å²) in [5, 5.41) is 0. The molecule has 174 valence electrons. The molecule has 0 atom stereocenters. The highest BCUT2D eigenvalue weighted by molar-refractivity contribution is 5.69. The predicted molar refractivity (Wildman–Crippen MR) is 130 cm³/mol. The highest BCUT2D eigenvalue weighted by Crippen LogP contribution is 2.32. The molecule has 0 heterocycles. The predicted octanol–water partition coefficient (Wildman–Crippen LogP) is 7.36.